The van der Waals surface area contributed by atoms with Crippen LogP contribution in [0.1, 0.15) is 51.9 Å². The Kier molecular flexibility index (Phi) is 6.54. The summed E-state index contributed by atoms with van der Waals surface area (Å²) in [7, 11) is 0. The molecule has 0 radical (unpaired) electrons. The van der Waals surface area contributed by atoms with Crippen LogP contribution in [0.2, 0.25) is 0 Å². The van der Waals surface area contributed by atoms with E-state index in [0.717, 1.165) is 45.1 Å². The van der Waals surface area contributed by atoms with E-state index in [9.17, 15) is 9.59 Å². The fourth-order valence-electron chi connectivity index (χ4n) is 2.01. The first-order valence-corrected chi connectivity index (χ1v) is 6.91. The molecule has 5 nitrogen and oxygen atoms in total. The molecule has 0 aromatic heterocycles. The molecule has 0 unspecified atom stereocenters. The predicted molar refractivity (Wildman–Crippen MR) is 69.5 cm³/mol. The van der Waals surface area contributed by atoms with E-state index in [0.29, 0.717) is 12.6 Å². The van der Waals surface area contributed by atoms with Crippen molar-refractivity contribution in [2.75, 3.05) is 13.1 Å². The Morgan fingerprint density at radius 3 is 2.44 bits per heavy atom. The Labute approximate surface area is 109 Å². The lowest BCUT2D eigenvalue weighted by molar-refractivity contribution is -0.137. The summed E-state index contributed by atoms with van der Waals surface area (Å²) < 4.78 is 0. The van der Waals surface area contributed by atoms with Crippen molar-refractivity contribution in [1.29, 1.82) is 0 Å². The van der Waals surface area contributed by atoms with Crippen molar-refractivity contribution in [1.82, 2.24) is 10.2 Å². The number of amides is 2. The molecule has 1 aliphatic rings. The van der Waals surface area contributed by atoms with Crippen LogP contribution in [0.3, 0.4) is 0 Å². The summed E-state index contributed by atoms with van der Waals surface area (Å²) in [5, 5.41) is 11.4. The first-order chi connectivity index (χ1) is 8.65. The van der Waals surface area contributed by atoms with Crippen LogP contribution >= 0.6 is 0 Å². The Morgan fingerprint density at radius 1 is 1.22 bits per heavy atom. The van der Waals surface area contributed by atoms with E-state index in [1.807, 2.05) is 11.8 Å². The highest BCUT2D eigenvalue weighted by Gasteiger charge is 2.30. The molecule has 1 fully saturated rings. The third kappa shape index (κ3) is 5.89. The second kappa shape index (κ2) is 7.95. The highest BCUT2D eigenvalue weighted by molar-refractivity contribution is 5.74. The van der Waals surface area contributed by atoms with Gasteiger partial charge in [0.2, 0.25) is 0 Å². The predicted octanol–water partition coefficient (Wildman–Crippen LogP) is 2.22. The van der Waals surface area contributed by atoms with Crippen molar-refractivity contribution in [3.05, 3.63) is 0 Å². The standard InChI is InChI=1S/C13H24N2O3/c1-2-15(11-8-9-11)13(18)14-10-6-4-3-5-7-12(16)17/h11H,2-10H2,1H3,(H,14,18)(H,16,17). The van der Waals surface area contributed by atoms with Gasteiger partial charge in [-0.2, -0.15) is 0 Å². The minimum Gasteiger partial charge on any atom is -0.481 e. The van der Waals surface area contributed by atoms with Gasteiger partial charge in [-0.1, -0.05) is 12.8 Å². The van der Waals surface area contributed by atoms with Crippen molar-refractivity contribution < 1.29 is 14.7 Å². The van der Waals surface area contributed by atoms with Crippen molar-refractivity contribution in [3.8, 4) is 0 Å². The largest absolute Gasteiger partial charge is 0.481 e. The van der Waals surface area contributed by atoms with Crippen LogP contribution in [0.15, 0.2) is 0 Å². The van der Waals surface area contributed by atoms with E-state index in [1.54, 1.807) is 0 Å². The second-order valence-electron chi connectivity index (χ2n) is 4.81. The number of nitrogens with one attached hydrogen (secondary N) is 1. The van der Waals surface area contributed by atoms with E-state index in [1.165, 1.54) is 0 Å². The summed E-state index contributed by atoms with van der Waals surface area (Å²) in [5.74, 6) is -0.730. The number of urea groups is 1. The molecule has 0 aliphatic heterocycles. The van der Waals surface area contributed by atoms with Gasteiger partial charge in [0.15, 0.2) is 0 Å². The summed E-state index contributed by atoms with van der Waals surface area (Å²) in [5.41, 5.74) is 0. The zero-order chi connectivity index (χ0) is 13.4. The molecule has 0 aromatic rings. The molecule has 1 saturated carbocycles. The zero-order valence-electron chi connectivity index (χ0n) is 11.2. The number of hydrogen-bond donors (Lipinski definition) is 2. The van der Waals surface area contributed by atoms with Gasteiger partial charge in [0.05, 0.1) is 0 Å². The maximum Gasteiger partial charge on any atom is 0.317 e. The molecule has 0 bridgehead atoms. The minimum atomic E-state index is -0.730. The zero-order valence-corrected chi connectivity index (χ0v) is 11.2. The minimum absolute atomic E-state index is 0.0468. The number of carboxylic acid groups (broad SMARTS) is 1. The molecule has 0 spiro atoms. The first kappa shape index (κ1) is 14.8. The van der Waals surface area contributed by atoms with E-state index >= 15 is 0 Å². The number of carboxylic acids is 1. The summed E-state index contributed by atoms with van der Waals surface area (Å²) in [4.78, 5) is 24.0. The van der Waals surface area contributed by atoms with Crippen molar-refractivity contribution in [2.24, 2.45) is 0 Å². The molecule has 0 atom stereocenters. The van der Waals surface area contributed by atoms with Crippen molar-refractivity contribution in [3.63, 3.8) is 0 Å². The molecule has 104 valence electrons. The smallest absolute Gasteiger partial charge is 0.317 e. The average Bonchev–Trinajstić information content (AvgIpc) is 3.13. The van der Waals surface area contributed by atoms with E-state index in [4.69, 9.17) is 5.11 Å². The van der Waals surface area contributed by atoms with Crippen molar-refractivity contribution in [2.45, 2.75) is 57.9 Å². The molecule has 1 aliphatic carbocycles. The summed E-state index contributed by atoms with van der Waals surface area (Å²) in [6.45, 7) is 3.47. The lowest BCUT2D eigenvalue weighted by Gasteiger charge is -2.20. The highest BCUT2D eigenvalue weighted by Crippen LogP contribution is 2.26. The molecule has 1 rings (SSSR count). The molecule has 2 N–H and O–H groups in total. The highest BCUT2D eigenvalue weighted by atomic mass is 16.4. The van der Waals surface area contributed by atoms with E-state index in [2.05, 4.69) is 5.32 Å². The summed E-state index contributed by atoms with van der Waals surface area (Å²) >= 11 is 0. The Balaban J connectivity index is 1.96. The summed E-state index contributed by atoms with van der Waals surface area (Å²) in [6, 6.07) is 0.510. The molecular formula is C13H24N2O3. The van der Waals surface area contributed by atoms with E-state index in [-0.39, 0.29) is 12.5 Å². The number of nitrogens with zero attached hydrogens (tertiary/aromatic N) is 1. The van der Waals surface area contributed by atoms with Gasteiger partial charge in [0.25, 0.3) is 0 Å². The Bertz CT molecular complexity index is 277. The Hall–Kier alpha value is -1.26. The van der Waals surface area contributed by atoms with E-state index < -0.39 is 5.97 Å². The lowest BCUT2D eigenvalue weighted by Crippen LogP contribution is -2.41. The topological polar surface area (TPSA) is 69.6 Å². The molecule has 5 heteroatoms. The number of rotatable bonds is 9. The SMILES string of the molecule is CCN(C(=O)NCCCCCCC(=O)O)C1CC1. The van der Waals surface area contributed by atoms with Crippen LogP contribution in [-0.2, 0) is 4.79 Å². The fraction of sp³-hybridized carbons (Fsp3) is 0.846. The van der Waals surface area contributed by atoms with Crippen molar-refractivity contribution >= 4 is 12.0 Å². The Morgan fingerprint density at radius 2 is 1.89 bits per heavy atom. The molecule has 0 aromatic carbocycles. The maximum atomic E-state index is 11.8. The maximum absolute atomic E-state index is 11.8. The van der Waals surface area contributed by atoms with Gasteiger partial charge in [0, 0.05) is 25.6 Å². The molecule has 0 heterocycles. The number of unbranched alkanes of at least 4 members (excludes halogenated alkanes) is 3. The third-order valence-electron chi connectivity index (χ3n) is 3.18. The van der Waals surface area contributed by atoms with Gasteiger partial charge in [-0.25, -0.2) is 4.79 Å². The van der Waals surface area contributed by atoms with Crippen LogP contribution in [0.5, 0.6) is 0 Å². The van der Waals surface area contributed by atoms with Crippen LogP contribution in [0, 0.1) is 0 Å². The van der Waals surface area contributed by atoms with Crippen LogP contribution in [0.4, 0.5) is 4.79 Å². The molecule has 0 saturated heterocycles. The van der Waals surface area contributed by atoms with Crippen LogP contribution in [0.25, 0.3) is 0 Å². The number of carbonyl (C=O) groups is 2. The third-order valence-corrected chi connectivity index (χ3v) is 3.18. The number of carbonyl (C=O) groups excluding carboxylic acids is 1. The quantitative estimate of drug-likeness (QED) is 0.621. The fourth-order valence-corrected chi connectivity index (χ4v) is 2.01. The molecular weight excluding hydrogens is 232 g/mol. The van der Waals surface area contributed by atoms with Gasteiger partial charge in [-0.15, -0.1) is 0 Å². The first-order valence-electron chi connectivity index (χ1n) is 6.91. The second-order valence-corrected chi connectivity index (χ2v) is 4.81. The van der Waals surface area contributed by atoms with Gasteiger partial charge in [0.1, 0.15) is 0 Å². The monoisotopic (exact) mass is 256 g/mol. The summed E-state index contributed by atoms with van der Waals surface area (Å²) in [6.07, 6.45) is 6.07. The van der Waals surface area contributed by atoms with Crippen LogP contribution in [-0.4, -0.2) is 41.1 Å². The van der Waals surface area contributed by atoms with Crippen LogP contribution < -0.4 is 5.32 Å². The number of aliphatic carboxylic acids is 1. The normalized spacial score (nSPS) is 14.3. The van der Waals surface area contributed by atoms with Gasteiger partial charge >= 0.3 is 12.0 Å². The molecule has 18 heavy (non-hydrogen) atoms. The van der Waals surface area contributed by atoms with Gasteiger partial charge in [-0.3, -0.25) is 4.79 Å². The molecule has 2 amide bonds. The lowest BCUT2D eigenvalue weighted by atomic mass is 10.1. The van der Waals surface area contributed by atoms with Gasteiger partial charge < -0.3 is 15.3 Å². The van der Waals surface area contributed by atoms with Gasteiger partial charge in [-0.05, 0) is 32.6 Å². The average molecular weight is 256 g/mol. The number of hydrogen-bond acceptors (Lipinski definition) is 2.